The van der Waals surface area contributed by atoms with Crippen LogP contribution in [0.1, 0.15) is 10.4 Å². The van der Waals surface area contributed by atoms with E-state index in [1.165, 1.54) is 7.05 Å². The maximum absolute atomic E-state index is 13.4. The first-order valence-electron chi connectivity index (χ1n) is 3.97. The van der Waals surface area contributed by atoms with Crippen molar-refractivity contribution in [3.63, 3.8) is 0 Å². The maximum atomic E-state index is 13.4. The van der Waals surface area contributed by atoms with Gasteiger partial charge in [0.1, 0.15) is 16.3 Å². The second-order valence-electron chi connectivity index (χ2n) is 2.76. The normalized spacial score (nSPS) is 9.94. The summed E-state index contributed by atoms with van der Waals surface area (Å²) in [5, 5.41) is 21.0. The van der Waals surface area contributed by atoms with Crippen molar-refractivity contribution in [3.05, 3.63) is 32.6 Å². The standard InChI is InChI=1S/C8H6ClFN2O4/c1-11-7-4(12(15)16)2-3(8(13)14)6(10)5(7)9/h2,11H,1H3,(H,13,14). The van der Waals surface area contributed by atoms with E-state index < -0.39 is 33.0 Å². The molecular formula is C8H6ClFN2O4. The van der Waals surface area contributed by atoms with Crippen LogP contribution in [-0.2, 0) is 0 Å². The summed E-state index contributed by atoms with van der Waals surface area (Å²) in [5.41, 5.74) is -1.68. The van der Waals surface area contributed by atoms with Gasteiger partial charge >= 0.3 is 5.97 Å². The van der Waals surface area contributed by atoms with Crippen molar-refractivity contribution in [3.8, 4) is 0 Å². The number of rotatable bonds is 3. The Bertz CT molecular complexity index is 478. The van der Waals surface area contributed by atoms with E-state index in [4.69, 9.17) is 16.7 Å². The molecule has 0 aliphatic rings. The minimum atomic E-state index is -1.62. The topological polar surface area (TPSA) is 92.5 Å². The van der Waals surface area contributed by atoms with Gasteiger partial charge in [-0.2, -0.15) is 0 Å². The Balaban J connectivity index is 3.62. The molecule has 0 radical (unpaired) electrons. The lowest BCUT2D eigenvalue weighted by Crippen LogP contribution is -2.06. The fourth-order valence-electron chi connectivity index (χ4n) is 1.15. The highest BCUT2D eigenvalue weighted by atomic mass is 35.5. The van der Waals surface area contributed by atoms with Crippen molar-refractivity contribution < 1.29 is 19.2 Å². The number of nitrogens with zero attached hydrogens (tertiary/aromatic N) is 1. The molecule has 0 aliphatic heterocycles. The zero-order valence-corrected chi connectivity index (χ0v) is 8.71. The number of carbonyl (C=O) groups is 1. The molecule has 1 rings (SSSR count). The molecule has 0 bridgehead atoms. The molecule has 0 fully saturated rings. The molecule has 0 atom stereocenters. The van der Waals surface area contributed by atoms with Crippen molar-refractivity contribution in [1.29, 1.82) is 0 Å². The maximum Gasteiger partial charge on any atom is 0.339 e. The van der Waals surface area contributed by atoms with E-state index in [2.05, 4.69) is 5.32 Å². The smallest absolute Gasteiger partial charge is 0.339 e. The highest BCUT2D eigenvalue weighted by Crippen LogP contribution is 2.36. The molecule has 8 heteroatoms. The van der Waals surface area contributed by atoms with Crippen molar-refractivity contribution in [2.45, 2.75) is 0 Å². The van der Waals surface area contributed by atoms with Crippen molar-refractivity contribution in [1.82, 2.24) is 0 Å². The number of hydrogen-bond acceptors (Lipinski definition) is 4. The van der Waals surface area contributed by atoms with Crippen molar-refractivity contribution in [2.75, 3.05) is 12.4 Å². The van der Waals surface area contributed by atoms with Gasteiger partial charge in [-0.3, -0.25) is 10.1 Å². The fraction of sp³-hybridized carbons (Fsp3) is 0.125. The molecule has 1 aromatic carbocycles. The predicted molar refractivity (Wildman–Crippen MR) is 54.6 cm³/mol. The zero-order valence-electron chi connectivity index (χ0n) is 7.95. The summed E-state index contributed by atoms with van der Waals surface area (Å²) in [6.07, 6.45) is 0. The number of benzene rings is 1. The number of nitrogens with one attached hydrogen (secondary N) is 1. The summed E-state index contributed by atoms with van der Waals surface area (Å²) in [6, 6.07) is 0.620. The number of nitro benzene ring substituents is 1. The first-order valence-corrected chi connectivity index (χ1v) is 4.35. The number of halogens is 2. The van der Waals surface area contributed by atoms with Crippen LogP contribution in [0.4, 0.5) is 15.8 Å². The number of aromatic carboxylic acids is 1. The largest absolute Gasteiger partial charge is 0.478 e. The van der Waals surface area contributed by atoms with Crippen LogP contribution in [0.15, 0.2) is 6.07 Å². The van der Waals surface area contributed by atoms with Gasteiger partial charge in [0.2, 0.25) is 0 Å². The van der Waals surface area contributed by atoms with E-state index in [0.717, 1.165) is 0 Å². The molecule has 6 nitrogen and oxygen atoms in total. The Morgan fingerprint density at radius 1 is 1.69 bits per heavy atom. The van der Waals surface area contributed by atoms with Gasteiger partial charge in [0, 0.05) is 13.1 Å². The van der Waals surface area contributed by atoms with Crippen molar-refractivity contribution >= 4 is 28.9 Å². The molecule has 0 aromatic heterocycles. The minimum Gasteiger partial charge on any atom is -0.478 e. The zero-order chi connectivity index (χ0) is 12.5. The summed E-state index contributed by atoms with van der Waals surface area (Å²) in [4.78, 5) is 20.4. The van der Waals surface area contributed by atoms with Crippen LogP contribution >= 0.6 is 11.6 Å². The molecule has 0 saturated heterocycles. The Labute approximate surface area is 93.8 Å². The van der Waals surface area contributed by atoms with Crippen LogP contribution < -0.4 is 5.32 Å². The van der Waals surface area contributed by atoms with E-state index in [0.29, 0.717) is 6.07 Å². The lowest BCUT2D eigenvalue weighted by Gasteiger charge is -2.07. The third-order valence-corrected chi connectivity index (χ3v) is 2.22. The van der Waals surface area contributed by atoms with E-state index in [1.54, 1.807) is 0 Å². The van der Waals surface area contributed by atoms with Gasteiger partial charge in [-0.05, 0) is 0 Å². The third-order valence-electron chi connectivity index (χ3n) is 1.86. The van der Waals surface area contributed by atoms with Crippen LogP contribution in [-0.4, -0.2) is 23.0 Å². The molecule has 0 amide bonds. The Morgan fingerprint density at radius 2 is 2.25 bits per heavy atom. The van der Waals surface area contributed by atoms with Crippen molar-refractivity contribution in [2.24, 2.45) is 0 Å². The van der Waals surface area contributed by atoms with Crippen LogP contribution in [0.25, 0.3) is 0 Å². The molecule has 0 saturated carbocycles. The summed E-state index contributed by atoms with van der Waals surface area (Å²) in [5.74, 6) is -2.82. The third kappa shape index (κ3) is 1.89. The number of hydrogen-bond donors (Lipinski definition) is 2. The minimum absolute atomic E-state index is 0.255. The lowest BCUT2D eigenvalue weighted by molar-refractivity contribution is -0.384. The van der Waals surface area contributed by atoms with E-state index in [-0.39, 0.29) is 5.69 Å². The number of carboxylic acid groups (broad SMARTS) is 1. The molecule has 16 heavy (non-hydrogen) atoms. The molecule has 0 spiro atoms. The summed E-state index contributed by atoms with van der Waals surface area (Å²) in [6.45, 7) is 0. The quantitative estimate of drug-likeness (QED) is 0.631. The molecular weight excluding hydrogens is 243 g/mol. The first kappa shape index (κ1) is 12.2. The molecule has 0 aliphatic carbocycles. The van der Waals surface area contributed by atoms with Gasteiger partial charge < -0.3 is 10.4 Å². The highest BCUT2D eigenvalue weighted by Gasteiger charge is 2.26. The predicted octanol–water partition coefficient (Wildman–Crippen LogP) is 2.13. The van der Waals surface area contributed by atoms with E-state index >= 15 is 0 Å². The van der Waals surface area contributed by atoms with Crippen LogP contribution in [0, 0.1) is 15.9 Å². The second-order valence-corrected chi connectivity index (χ2v) is 3.14. The Hall–Kier alpha value is -1.89. The van der Waals surface area contributed by atoms with E-state index in [9.17, 15) is 19.3 Å². The van der Waals surface area contributed by atoms with Crippen LogP contribution in [0.5, 0.6) is 0 Å². The summed E-state index contributed by atoms with van der Waals surface area (Å²) in [7, 11) is 1.31. The number of carboxylic acids is 1. The molecule has 0 unspecified atom stereocenters. The monoisotopic (exact) mass is 248 g/mol. The average Bonchev–Trinajstić information content (AvgIpc) is 2.20. The average molecular weight is 249 g/mol. The summed E-state index contributed by atoms with van der Waals surface area (Å²) < 4.78 is 13.4. The number of anilines is 1. The lowest BCUT2D eigenvalue weighted by atomic mass is 10.1. The number of nitro groups is 1. The highest BCUT2D eigenvalue weighted by molar-refractivity contribution is 6.34. The first-order chi connectivity index (χ1) is 7.40. The van der Waals surface area contributed by atoms with Gasteiger partial charge in [-0.25, -0.2) is 9.18 Å². The van der Waals surface area contributed by atoms with Gasteiger partial charge in [0.25, 0.3) is 5.69 Å². The van der Waals surface area contributed by atoms with E-state index in [1.807, 2.05) is 0 Å². The van der Waals surface area contributed by atoms with Gasteiger partial charge in [0.05, 0.1) is 4.92 Å². The summed E-state index contributed by atoms with van der Waals surface area (Å²) >= 11 is 5.49. The molecule has 2 N–H and O–H groups in total. The molecule has 86 valence electrons. The van der Waals surface area contributed by atoms with Gasteiger partial charge in [-0.15, -0.1) is 0 Å². The van der Waals surface area contributed by atoms with Gasteiger partial charge in [-0.1, -0.05) is 11.6 Å². The molecule has 0 heterocycles. The fourth-order valence-corrected chi connectivity index (χ4v) is 1.44. The second kappa shape index (κ2) is 4.31. The Kier molecular flexibility index (Phi) is 3.28. The molecule has 1 aromatic rings. The van der Waals surface area contributed by atoms with Gasteiger partial charge in [0.15, 0.2) is 5.82 Å². The SMILES string of the molecule is CNc1c([N+](=O)[O-])cc(C(=O)O)c(F)c1Cl. The Morgan fingerprint density at radius 3 is 2.62 bits per heavy atom. The van der Waals surface area contributed by atoms with Crippen LogP contribution in [0.2, 0.25) is 5.02 Å². The van der Waals surface area contributed by atoms with Crippen LogP contribution in [0.3, 0.4) is 0 Å².